The Bertz CT molecular complexity index is 887. The van der Waals surface area contributed by atoms with Gasteiger partial charge in [-0.3, -0.25) is 9.59 Å². The monoisotopic (exact) mass is 411 g/mol. The lowest BCUT2D eigenvalue weighted by atomic mass is 10.0. The minimum Gasteiger partial charge on any atom is -0.494 e. The molecule has 0 saturated heterocycles. The molecule has 0 spiro atoms. The fourth-order valence-electron chi connectivity index (χ4n) is 2.94. The summed E-state index contributed by atoms with van der Waals surface area (Å²) in [6.45, 7) is 8.80. The minimum absolute atomic E-state index is 0.474. The van der Waals surface area contributed by atoms with Crippen molar-refractivity contribution < 1.29 is 19.1 Å². The molecule has 0 radical (unpaired) electrons. The first kappa shape index (κ1) is 22.9. The third-order valence-corrected chi connectivity index (χ3v) is 4.41. The van der Waals surface area contributed by atoms with Crippen LogP contribution in [0.4, 0.5) is 5.69 Å². The first-order chi connectivity index (χ1) is 14.5. The molecule has 2 N–H and O–H groups in total. The van der Waals surface area contributed by atoms with Crippen molar-refractivity contribution >= 4 is 23.7 Å². The molecular weight excluding hydrogens is 382 g/mol. The van der Waals surface area contributed by atoms with E-state index in [9.17, 15) is 9.59 Å². The lowest BCUT2D eigenvalue weighted by Gasteiger charge is -2.13. The van der Waals surface area contributed by atoms with E-state index >= 15 is 0 Å². The summed E-state index contributed by atoms with van der Waals surface area (Å²) in [7, 11) is 0. The van der Waals surface area contributed by atoms with Crippen LogP contribution in [0.15, 0.2) is 41.5 Å². The highest BCUT2D eigenvalue weighted by molar-refractivity contribution is 6.39. The van der Waals surface area contributed by atoms with Gasteiger partial charge >= 0.3 is 11.8 Å². The summed E-state index contributed by atoms with van der Waals surface area (Å²) < 4.78 is 11.1. The summed E-state index contributed by atoms with van der Waals surface area (Å²) in [6, 6.07) is 11.1. The highest BCUT2D eigenvalue weighted by Crippen LogP contribution is 2.24. The molecule has 0 aromatic heterocycles. The van der Waals surface area contributed by atoms with E-state index in [-0.39, 0.29) is 0 Å². The molecule has 0 atom stereocenters. The fraction of sp³-hybridized carbons (Fsp3) is 0.348. The molecule has 0 unspecified atom stereocenters. The summed E-state index contributed by atoms with van der Waals surface area (Å²) in [5.74, 6) is -0.347. The predicted molar refractivity (Wildman–Crippen MR) is 118 cm³/mol. The minimum atomic E-state index is -0.844. The van der Waals surface area contributed by atoms with Crippen LogP contribution in [0.3, 0.4) is 0 Å². The lowest BCUT2D eigenvalue weighted by Crippen LogP contribution is -2.33. The molecule has 7 heteroatoms. The van der Waals surface area contributed by atoms with Crippen LogP contribution in [0.1, 0.15) is 44.4 Å². The summed E-state index contributed by atoms with van der Waals surface area (Å²) in [5.41, 5.74) is 5.58. The van der Waals surface area contributed by atoms with Gasteiger partial charge in [-0.1, -0.05) is 32.0 Å². The Morgan fingerprint density at radius 3 is 2.20 bits per heavy atom. The summed E-state index contributed by atoms with van der Waals surface area (Å²) in [6.07, 6.45) is 2.94. The summed E-state index contributed by atoms with van der Waals surface area (Å²) >= 11 is 0. The molecule has 0 saturated carbocycles. The predicted octanol–water partition coefficient (Wildman–Crippen LogP) is 3.70. The molecule has 7 nitrogen and oxygen atoms in total. The van der Waals surface area contributed by atoms with E-state index in [2.05, 4.69) is 15.8 Å². The zero-order valence-electron chi connectivity index (χ0n) is 18.0. The molecule has 0 bridgehead atoms. The number of nitrogens with one attached hydrogen (secondary N) is 2. The molecular formula is C23H29N3O4. The van der Waals surface area contributed by atoms with E-state index in [1.54, 1.807) is 18.2 Å². The van der Waals surface area contributed by atoms with Gasteiger partial charge in [-0.15, -0.1) is 0 Å². The highest BCUT2D eigenvalue weighted by atomic mass is 16.5. The van der Waals surface area contributed by atoms with Crippen LogP contribution in [0.5, 0.6) is 11.5 Å². The highest BCUT2D eigenvalue weighted by Gasteiger charge is 2.16. The molecule has 0 fully saturated rings. The number of nitrogens with zero attached hydrogens (tertiary/aromatic N) is 1. The summed E-state index contributed by atoms with van der Waals surface area (Å²) in [4.78, 5) is 24.5. The van der Waals surface area contributed by atoms with Crippen LogP contribution < -0.4 is 20.2 Å². The van der Waals surface area contributed by atoms with E-state index in [1.807, 2.05) is 45.9 Å². The van der Waals surface area contributed by atoms with Gasteiger partial charge in [0, 0.05) is 17.3 Å². The first-order valence-electron chi connectivity index (χ1n) is 10.2. The van der Waals surface area contributed by atoms with Crippen LogP contribution in [0.2, 0.25) is 0 Å². The number of carbonyl (C=O) groups excluding carboxylic acids is 2. The van der Waals surface area contributed by atoms with Crippen LogP contribution in [0, 0.1) is 0 Å². The second-order valence-corrected chi connectivity index (χ2v) is 6.38. The largest absolute Gasteiger partial charge is 0.494 e. The van der Waals surface area contributed by atoms with E-state index < -0.39 is 11.8 Å². The number of hydrazone groups is 1. The van der Waals surface area contributed by atoms with E-state index in [1.165, 1.54) is 6.21 Å². The molecule has 0 aliphatic rings. The maximum absolute atomic E-state index is 12.3. The fourth-order valence-corrected chi connectivity index (χ4v) is 2.94. The van der Waals surface area contributed by atoms with Crippen molar-refractivity contribution in [2.45, 2.75) is 40.5 Å². The van der Waals surface area contributed by atoms with E-state index in [4.69, 9.17) is 9.47 Å². The van der Waals surface area contributed by atoms with Gasteiger partial charge in [0.15, 0.2) is 0 Å². The second-order valence-electron chi connectivity index (χ2n) is 6.38. The number of rotatable bonds is 9. The number of hydrogen-bond acceptors (Lipinski definition) is 5. The van der Waals surface area contributed by atoms with Crippen molar-refractivity contribution in [2.75, 3.05) is 18.5 Å². The van der Waals surface area contributed by atoms with Crippen LogP contribution in [-0.2, 0) is 22.4 Å². The molecule has 2 aromatic carbocycles. The standard InChI is InChI=1S/C23H29N3O4/c1-5-16-10-9-11-17(6-2)21(16)25-22(27)23(28)26-24-15-18-12-13-19(29-7-3)14-20(18)30-8-4/h9-15H,5-8H2,1-4H3,(H,25,27)(H,26,28)/b24-15-. The Morgan fingerprint density at radius 2 is 1.60 bits per heavy atom. The van der Waals surface area contributed by atoms with Crippen molar-refractivity contribution in [2.24, 2.45) is 5.10 Å². The van der Waals surface area contributed by atoms with E-state index in [0.29, 0.717) is 36.0 Å². The van der Waals surface area contributed by atoms with Crippen molar-refractivity contribution in [3.05, 3.63) is 53.1 Å². The molecule has 160 valence electrons. The number of hydrogen-bond donors (Lipinski definition) is 2. The third kappa shape index (κ3) is 6.07. The topological polar surface area (TPSA) is 89.0 Å². The molecule has 0 aliphatic carbocycles. The average molecular weight is 412 g/mol. The Morgan fingerprint density at radius 1 is 0.933 bits per heavy atom. The van der Waals surface area contributed by atoms with Gasteiger partial charge in [-0.2, -0.15) is 5.10 Å². The van der Waals surface area contributed by atoms with Crippen LogP contribution >= 0.6 is 0 Å². The molecule has 0 heterocycles. The molecule has 0 aliphatic heterocycles. The quantitative estimate of drug-likeness (QED) is 0.374. The molecule has 2 amide bonds. The Balaban J connectivity index is 2.07. The van der Waals surface area contributed by atoms with Gasteiger partial charge < -0.3 is 14.8 Å². The number of benzene rings is 2. The first-order valence-corrected chi connectivity index (χ1v) is 10.2. The van der Waals surface area contributed by atoms with E-state index in [0.717, 1.165) is 24.0 Å². The Hall–Kier alpha value is -3.35. The smallest absolute Gasteiger partial charge is 0.329 e. The lowest BCUT2D eigenvalue weighted by molar-refractivity contribution is -0.136. The van der Waals surface area contributed by atoms with Crippen molar-refractivity contribution in [1.82, 2.24) is 5.43 Å². The zero-order chi connectivity index (χ0) is 21.9. The maximum atomic E-state index is 12.3. The number of carbonyl (C=O) groups is 2. The number of aryl methyl sites for hydroxylation is 2. The normalized spacial score (nSPS) is 10.7. The van der Waals surface area contributed by atoms with Crippen molar-refractivity contribution in [1.29, 1.82) is 0 Å². The Labute approximate surface area is 177 Å². The third-order valence-electron chi connectivity index (χ3n) is 4.41. The van der Waals surface area contributed by atoms with Gasteiger partial charge in [0.2, 0.25) is 0 Å². The van der Waals surface area contributed by atoms with Crippen LogP contribution in [0.25, 0.3) is 0 Å². The number of amides is 2. The van der Waals surface area contributed by atoms with Crippen molar-refractivity contribution in [3.8, 4) is 11.5 Å². The van der Waals surface area contributed by atoms with Crippen LogP contribution in [-0.4, -0.2) is 31.2 Å². The second kappa shape index (κ2) is 11.6. The summed E-state index contributed by atoms with van der Waals surface area (Å²) in [5, 5.41) is 6.62. The molecule has 2 rings (SSSR count). The Kier molecular flexibility index (Phi) is 8.87. The zero-order valence-corrected chi connectivity index (χ0v) is 18.0. The molecule has 30 heavy (non-hydrogen) atoms. The van der Waals surface area contributed by atoms with Gasteiger partial charge in [0.25, 0.3) is 0 Å². The van der Waals surface area contributed by atoms with Gasteiger partial charge in [-0.25, -0.2) is 5.43 Å². The SMILES string of the molecule is CCOc1ccc(/C=N\NC(=O)C(=O)Nc2c(CC)cccc2CC)c(OCC)c1. The average Bonchev–Trinajstić information content (AvgIpc) is 2.75. The van der Waals surface area contributed by atoms with Gasteiger partial charge in [-0.05, 0) is 49.9 Å². The van der Waals surface area contributed by atoms with Gasteiger partial charge in [0.05, 0.1) is 19.4 Å². The number of anilines is 1. The maximum Gasteiger partial charge on any atom is 0.329 e. The number of para-hydroxylation sites is 1. The number of ether oxygens (including phenoxy) is 2. The van der Waals surface area contributed by atoms with Gasteiger partial charge in [0.1, 0.15) is 11.5 Å². The molecule has 2 aromatic rings. The van der Waals surface area contributed by atoms with Crippen molar-refractivity contribution in [3.63, 3.8) is 0 Å².